The molecule has 1 unspecified atom stereocenters. The zero-order chi connectivity index (χ0) is 13.1. The van der Waals surface area contributed by atoms with Crippen molar-refractivity contribution >= 4 is 17.2 Å². The summed E-state index contributed by atoms with van der Waals surface area (Å²) in [6.45, 7) is 6.44. The van der Waals surface area contributed by atoms with Gasteiger partial charge in [-0.25, -0.2) is 0 Å². The second kappa shape index (κ2) is 5.40. The van der Waals surface area contributed by atoms with Gasteiger partial charge in [-0.1, -0.05) is 6.07 Å². The molecule has 0 bridgehead atoms. The van der Waals surface area contributed by atoms with Crippen molar-refractivity contribution in [3.63, 3.8) is 0 Å². The highest BCUT2D eigenvalue weighted by molar-refractivity contribution is 7.12. The van der Waals surface area contributed by atoms with E-state index in [9.17, 15) is 0 Å². The van der Waals surface area contributed by atoms with Gasteiger partial charge in [0.25, 0.3) is 0 Å². The Morgan fingerprint density at radius 3 is 2.72 bits per heavy atom. The maximum Gasteiger partial charge on any atom is 0.214 e. The van der Waals surface area contributed by atoms with Gasteiger partial charge >= 0.3 is 0 Å². The van der Waals surface area contributed by atoms with Crippen molar-refractivity contribution in [3.05, 3.63) is 39.6 Å². The van der Waals surface area contributed by atoms with Gasteiger partial charge in [-0.3, -0.25) is 0 Å². The average molecular weight is 262 g/mol. The summed E-state index contributed by atoms with van der Waals surface area (Å²) in [6.07, 6.45) is 0. The summed E-state index contributed by atoms with van der Waals surface area (Å²) in [7, 11) is 1.63. The van der Waals surface area contributed by atoms with Gasteiger partial charge in [-0.15, -0.1) is 11.3 Å². The molecule has 0 radical (unpaired) electrons. The largest absolute Gasteiger partial charge is 0.481 e. The van der Waals surface area contributed by atoms with Gasteiger partial charge in [-0.05, 0) is 38.5 Å². The fourth-order valence-electron chi connectivity index (χ4n) is 1.99. The van der Waals surface area contributed by atoms with Crippen LogP contribution in [0.15, 0.2) is 24.3 Å². The van der Waals surface area contributed by atoms with Crippen LogP contribution in [0.3, 0.4) is 0 Å². The Kier molecular flexibility index (Phi) is 3.87. The van der Waals surface area contributed by atoms with Gasteiger partial charge in [0, 0.05) is 15.8 Å². The Bertz CT molecular complexity index is 536. The Labute approximate surface area is 112 Å². The molecule has 2 heterocycles. The molecule has 18 heavy (non-hydrogen) atoms. The number of pyridine rings is 1. The monoisotopic (exact) mass is 262 g/mol. The van der Waals surface area contributed by atoms with Gasteiger partial charge in [0.05, 0.1) is 13.2 Å². The summed E-state index contributed by atoms with van der Waals surface area (Å²) in [4.78, 5) is 7.06. The molecule has 0 amide bonds. The molecule has 0 spiro atoms. The van der Waals surface area contributed by atoms with Crippen molar-refractivity contribution < 1.29 is 4.74 Å². The van der Waals surface area contributed by atoms with E-state index < -0.39 is 0 Å². The van der Waals surface area contributed by atoms with Crippen LogP contribution in [-0.4, -0.2) is 12.1 Å². The molecule has 96 valence electrons. The highest BCUT2D eigenvalue weighted by Gasteiger charge is 2.11. The van der Waals surface area contributed by atoms with Gasteiger partial charge in [0.15, 0.2) is 0 Å². The number of hydrogen-bond acceptors (Lipinski definition) is 4. The van der Waals surface area contributed by atoms with Crippen LogP contribution < -0.4 is 10.1 Å². The number of rotatable bonds is 4. The maximum atomic E-state index is 5.12. The SMILES string of the molecule is COc1cccc(NC(C)c2cc(C)sc2C)n1. The molecule has 2 rings (SSSR count). The number of thiophene rings is 1. The summed E-state index contributed by atoms with van der Waals surface area (Å²) in [6, 6.07) is 8.21. The molecule has 0 saturated carbocycles. The Morgan fingerprint density at radius 1 is 1.33 bits per heavy atom. The number of anilines is 1. The standard InChI is InChI=1S/C14H18N2OS/c1-9-8-12(11(3)18-9)10(2)15-13-6-5-7-14(16-13)17-4/h5-8,10H,1-4H3,(H,15,16). The van der Waals surface area contributed by atoms with Crippen LogP contribution in [-0.2, 0) is 0 Å². The summed E-state index contributed by atoms with van der Waals surface area (Å²) in [5, 5.41) is 3.40. The van der Waals surface area contributed by atoms with E-state index in [1.165, 1.54) is 15.3 Å². The zero-order valence-electron chi connectivity index (χ0n) is 11.2. The summed E-state index contributed by atoms with van der Waals surface area (Å²) in [5.74, 6) is 1.47. The van der Waals surface area contributed by atoms with Gasteiger partial charge in [-0.2, -0.15) is 4.98 Å². The molecule has 0 aliphatic heterocycles. The fraction of sp³-hybridized carbons (Fsp3) is 0.357. The van der Waals surface area contributed by atoms with E-state index in [1.54, 1.807) is 7.11 Å². The third kappa shape index (κ3) is 2.82. The summed E-state index contributed by atoms with van der Waals surface area (Å²) >= 11 is 1.83. The van der Waals surface area contributed by atoms with E-state index in [4.69, 9.17) is 4.74 Å². The van der Waals surface area contributed by atoms with E-state index in [-0.39, 0.29) is 6.04 Å². The molecular formula is C14H18N2OS. The second-order valence-corrected chi connectivity index (χ2v) is 5.76. The number of aromatic nitrogens is 1. The molecule has 0 aliphatic carbocycles. The van der Waals surface area contributed by atoms with E-state index in [2.05, 4.69) is 37.1 Å². The Balaban J connectivity index is 2.15. The number of nitrogens with zero attached hydrogens (tertiary/aromatic N) is 1. The molecule has 0 saturated heterocycles. The first-order valence-corrected chi connectivity index (χ1v) is 6.76. The molecular weight excluding hydrogens is 244 g/mol. The van der Waals surface area contributed by atoms with Crippen LogP contribution in [0.5, 0.6) is 5.88 Å². The van der Waals surface area contributed by atoms with Crippen molar-refractivity contribution in [2.45, 2.75) is 26.8 Å². The maximum absolute atomic E-state index is 5.12. The topological polar surface area (TPSA) is 34.1 Å². The van der Waals surface area contributed by atoms with Crippen LogP contribution in [0.2, 0.25) is 0 Å². The van der Waals surface area contributed by atoms with Crippen LogP contribution in [0.1, 0.15) is 28.3 Å². The van der Waals surface area contributed by atoms with E-state index in [0.717, 1.165) is 5.82 Å². The van der Waals surface area contributed by atoms with Crippen LogP contribution in [0, 0.1) is 13.8 Å². The van der Waals surface area contributed by atoms with Crippen molar-refractivity contribution in [1.29, 1.82) is 0 Å². The minimum absolute atomic E-state index is 0.245. The van der Waals surface area contributed by atoms with Crippen LogP contribution in [0.25, 0.3) is 0 Å². The summed E-state index contributed by atoms with van der Waals surface area (Å²) < 4.78 is 5.12. The second-order valence-electron chi connectivity index (χ2n) is 4.30. The van der Waals surface area contributed by atoms with Gasteiger partial charge in [0.2, 0.25) is 5.88 Å². The highest BCUT2D eigenvalue weighted by atomic mass is 32.1. The molecule has 2 aromatic heterocycles. The number of nitrogens with one attached hydrogen (secondary N) is 1. The lowest BCUT2D eigenvalue weighted by Gasteiger charge is -2.15. The molecule has 1 N–H and O–H groups in total. The first-order valence-electron chi connectivity index (χ1n) is 5.94. The highest BCUT2D eigenvalue weighted by Crippen LogP contribution is 2.28. The molecule has 2 aromatic rings. The third-order valence-electron chi connectivity index (χ3n) is 2.84. The normalized spacial score (nSPS) is 12.2. The van der Waals surface area contributed by atoms with Crippen molar-refractivity contribution in [2.24, 2.45) is 0 Å². The molecule has 1 atom stereocenters. The minimum Gasteiger partial charge on any atom is -0.481 e. The smallest absolute Gasteiger partial charge is 0.214 e. The van der Waals surface area contributed by atoms with E-state index in [0.29, 0.717) is 5.88 Å². The minimum atomic E-state index is 0.245. The molecule has 0 fully saturated rings. The van der Waals surface area contributed by atoms with Gasteiger partial charge < -0.3 is 10.1 Å². The Morgan fingerprint density at radius 2 is 2.11 bits per heavy atom. The fourth-order valence-corrected chi connectivity index (χ4v) is 3.01. The zero-order valence-corrected chi connectivity index (χ0v) is 12.0. The van der Waals surface area contributed by atoms with Crippen LogP contribution >= 0.6 is 11.3 Å². The average Bonchev–Trinajstić information content (AvgIpc) is 2.69. The molecule has 0 aliphatic rings. The molecule has 3 nitrogen and oxygen atoms in total. The van der Waals surface area contributed by atoms with E-state index >= 15 is 0 Å². The molecule has 4 heteroatoms. The van der Waals surface area contributed by atoms with E-state index in [1.807, 2.05) is 29.5 Å². The van der Waals surface area contributed by atoms with Crippen molar-refractivity contribution in [3.8, 4) is 5.88 Å². The lowest BCUT2D eigenvalue weighted by molar-refractivity contribution is 0.398. The van der Waals surface area contributed by atoms with Crippen molar-refractivity contribution in [1.82, 2.24) is 4.98 Å². The first kappa shape index (κ1) is 12.9. The van der Waals surface area contributed by atoms with Crippen LogP contribution in [0.4, 0.5) is 5.82 Å². The quantitative estimate of drug-likeness (QED) is 0.906. The van der Waals surface area contributed by atoms with Crippen molar-refractivity contribution in [2.75, 3.05) is 12.4 Å². The third-order valence-corrected chi connectivity index (χ3v) is 3.82. The number of hydrogen-bond donors (Lipinski definition) is 1. The molecule has 0 aromatic carbocycles. The number of aryl methyl sites for hydroxylation is 2. The number of methoxy groups -OCH3 is 1. The summed E-state index contributed by atoms with van der Waals surface area (Å²) in [5.41, 5.74) is 1.34. The lowest BCUT2D eigenvalue weighted by atomic mass is 10.1. The first-order chi connectivity index (χ1) is 8.60. The number of ether oxygens (including phenoxy) is 1. The predicted octanol–water partition coefficient (Wildman–Crippen LogP) is 3.94. The van der Waals surface area contributed by atoms with Gasteiger partial charge in [0.1, 0.15) is 5.82 Å². The lowest BCUT2D eigenvalue weighted by Crippen LogP contribution is -2.08. The Hall–Kier alpha value is -1.55. The predicted molar refractivity (Wildman–Crippen MR) is 76.6 cm³/mol.